The molecule has 0 saturated carbocycles. The molecule has 0 radical (unpaired) electrons. The lowest BCUT2D eigenvalue weighted by atomic mass is 10.2. The summed E-state index contributed by atoms with van der Waals surface area (Å²) in [6.45, 7) is 2.40. The fourth-order valence-electron chi connectivity index (χ4n) is 1.60. The average molecular weight is 226 g/mol. The van der Waals surface area contributed by atoms with Gasteiger partial charge in [0.15, 0.2) is 0 Å². The lowest BCUT2D eigenvalue weighted by molar-refractivity contribution is -0.0818. The summed E-state index contributed by atoms with van der Waals surface area (Å²) in [7, 11) is 0. The molecule has 4 nitrogen and oxygen atoms in total. The summed E-state index contributed by atoms with van der Waals surface area (Å²) in [5.74, 6) is -0.344. The van der Waals surface area contributed by atoms with E-state index in [1.165, 1.54) is 12.1 Å². The average Bonchev–Trinajstić information content (AvgIpc) is 2.27. The summed E-state index contributed by atoms with van der Waals surface area (Å²) in [6, 6.07) is 4.37. The second-order valence-electron chi connectivity index (χ2n) is 3.72. The Morgan fingerprint density at radius 2 is 2.25 bits per heavy atom. The van der Waals surface area contributed by atoms with Crippen LogP contribution in [0.2, 0.25) is 0 Å². The van der Waals surface area contributed by atoms with Gasteiger partial charge in [-0.05, 0) is 18.2 Å². The first-order chi connectivity index (χ1) is 7.74. The molecule has 5 heteroatoms. The zero-order valence-electron chi connectivity index (χ0n) is 8.91. The van der Waals surface area contributed by atoms with Gasteiger partial charge < -0.3 is 20.5 Å². The number of nitrogens with two attached hydrogens (primary N) is 1. The summed E-state index contributed by atoms with van der Waals surface area (Å²) >= 11 is 0. The van der Waals surface area contributed by atoms with E-state index in [-0.39, 0.29) is 11.9 Å². The molecule has 0 bridgehead atoms. The highest BCUT2D eigenvalue weighted by Gasteiger charge is 2.13. The van der Waals surface area contributed by atoms with Crippen LogP contribution in [-0.4, -0.2) is 32.5 Å². The molecule has 0 aliphatic carbocycles. The van der Waals surface area contributed by atoms with Crippen molar-refractivity contribution >= 4 is 11.4 Å². The van der Waals surface area contributed by atoms with Gasteiger partial charge in [0.2, 0.25) is 0 Å². The second-order valence-corrected chi connectivity index (χ2v) is 3.72. The van der Waals surface area contributed by atoms with Gasteiger partial charge in [-0.3, -0.25) is 0 Å². The molecule has 0 amide bonds. The van der Waals surface area contributed by atoms with Gasteiger partial charge in [0, 0.05) is 17.9 Å². The Morgan fingerprint density at radius 3 is 2.94 bits per heavy atom. The van der Waals surface area contributed by atoms with E-state index in [9.17, 15) is 4.39 Å². The van der Waals surface area contributed by atoms with Crippen molar-refractivity contribution in [3.8, 4) is 0 Å². The molecule has 1 unspecified atom stereocenters. The quantitative estimate of drug-likeness (QED) is 0.761. The number of benzene rings is 1. The minimum absolute atomic E-state index is 0.0123. The third kappa shape index (κ3) is 3.08. The second kappa shape index (κ2) is 5.14. The predicted octanol–water partition coefficient (Wildman–Crippen LogP) is 1.24. The van der Waals surface area contributed by atoms with Gasteiger partial charge in [-0.15, -0.1) is 0 Å². The highest BCUT2D eigenvalue weighted by atomic mass is 19.1. The normalized spacial score (nSPS) is 20.7. The van der Waals surface area contributed by atoms with Crippen molar-refractivity contribution in [1.82, 2.24) is 0 Å². The minimum Gasteiger partial charge on any atom is -0.399 e. The van der Waals surface area contributed by atoms with Crippen LogP contribution in [0.5, 0.6) is 0 Å². The van der Waals surface area contributed by atoms with Crippen molar-refractivity contribution in [3.63, 3.8) is 0 Å². The zero-order chi connectivity index (χ0) is 11.4. The van der Waals surface area contributed by atoms with E-state index in [0.29, 0.717) is 37.7 Å². The molecular weight excluding hydrogens is 211 g/mol. The SMILES string of the molecule is Nc1cc(F)cc(NCC2COCCO2)c1. The van der Waals surface area contributed by atoms with Gasteiger partial charge in [-0.1, -0.05) is 0 Å². The van der Waals surface area contributed by atoms with Crippen LogP contribution in [0.25, 0.3) is 0 Å². The van der Waals surface area contributed by atoms with E-state index < -0.39 is 0 Å². The van der Waals surface area contributed by atoms with E-state index >= 15 is 0 Å². The lowest BCUT2D eigenvalue weighted by Crippen LogP contribution is -2.34. The van der Waals surface area contributed by atoms with Crippen LogP contribution in [0.15, 0.2) is 18.2 Å². The number of nitrogens with one attached hydrogen (secondary N) is 1. The number of ether oxygens (including phenoxy) is 2. The van der Waals surface area contributed by atoms with Crippen molar-refractivity contribution in [1.29, 1.82) is 0 Å². The van der Waals surface area contributed by atoms with Gasteiger partial charge in [0.1, 0.15) is 5.82 Å². The molecule has 16 heavy (non-hydrogen) atoms. The van der Waals surface area contributed by atoms with E-state index in [2.05, 4.69) is 5.32 Å². The smallest absolute Gasteiger partial charge is 0.127 e. The monoisotopic (exact) mass is 226 g/mol. The largest absolute Gasteiger partial charge is 0.399 e. The number of nitrogen functional groups attached to an aromatic ring is 1. The van der Waals surface area contributed by atoms with Crippen molar-refractivity contribution in [2.75, 3.05) is 37.4 Å². The molecule has 88 valence electrons. The molecule has 1 heterocycles. The molecule has 0 aromatic heterocycles. The van der Waals surface area contributed by atoms with Crippen molar-refractivity contribution in [2.24, 2.45) is 0 Å². The lowest BCUT2D eigenvalue weighted by Gasteiger charge is -2.23. The summed E-state index contributed by atoms with van der Waals surface area (Å²) < 4.78 is 23.7. The third-order valence-electron chi connectivity index (χ3n) is 2.34. The summed E-state index contributed by atoms with van der Waals surface area (Å²) in [4.78, 5) is 0. The zero-order valence-corrected chi connectivity index (χ0v) is 8.91. The fourth-order valence-corrected chi connectivity index (χ4v) is 1.60. The number of rotatable bonds is 3. The summed E-state index contributed by atoms with van der Waals surface area (Å²) in [6.07, 6.45) is 0.0123. The Labute approximate surface area is 93.5 Å². The van der Waals surface area contributed by atoms with E-state index in [4.69, 9.17) is 15.2 Å². The maximum atomic E-state index is 13.0. The number of hydrogen-bond acceptors (Lipinski definition) is 4. The Balaban J connectivity index is 1.88. The Hall–Kier alpha value is -1.33. The Morgan fingerprint density at radius 1 is 1.38 bits per heavy atom. The van der Waals surface area contributed by atoms with Crippen molar-refractivity contribution < 1.29 is 13.9 Å². The van der Waals surface area contributed by atoms with E-state index in [1.807, 2.05) is 0 Å². The van der Waals surface area contributed by atoms with Crippen LogP contribution in [0.1, 0.15) is 0 Å². The van der Waals surface area contributed by atoms with Gasteiger partial charge in [-0.2, -0.15) is 0 Å². The standard InChI is InChI=1S/C11H15FN2O2/c12-8-3-9(13)5-10(4-8)14-6-11-7-15-1-2-16-11/h3-5,11,14H,1-2,6-7,13H2. The molecule has 2 rings (SSSR count). The van der Waals surface area contributed by atoms with Gasteiger partial charge in [0.05, 0.1) is 25.9 Å². The maximum Gasteiger partial charge on any atom is 0.127 e. The summed E-state index contributed by atoms with van der Waals surface area (Å²) in [5, 5.41) is 3.07. The van der Waals surface area contributed by atoms with Crippen LogP contribution in [-0.2, 0) is 9.47 Å². The molecule has 1 aromatic carbocycles. The Kier molecular flexibility index (Phi) is 3.58. The first kappa shape index (κ1) is 11.2. The van der Waals surface area contributed by atoms with Crippen LogP contribution >= 0.6 is 0 Å². The molecule has 1 aromatic rings. The molecule has 1 atom stereocenters. The number of anilines is 2. The minimum atomic E-state index is -0.344. The highest BCUT2D eigenvalue weighted by molar-refractivity contribution is 5.54. The van der Waals surface area contributed by atoms with Crippen LogP contribution < -0.4 is 11.1 Å². The summed E-state index contributed by atoms with van der Waals surface area (Å²) in [5.41, 5.74) is 6.60. The first-order valence-corrected chi connectivity index (χ1v) is 5.23. The third-order valence-corrected chi connectivity index (χ3v) is 2.34. The van der Waals surface area contributed by atoms with Gasteiger partial charge in [0.25, 0.3) is 0 Å². The molecule has 1 aliphatic rings. The number of halogens is 1. The van der Waals surface area contributed by atoms with Crippen molar-refractivity contribution in [3.05, 3.63) is 24.0 Å². The van der Waals surface area contributed by atoms with Crippen LogP contribution in [0.4, 0.5) is 15.8 Å². The molecule has 1 fully saturated rings. The molecule has 3 N–H and O–H groups in total. The molecule has 1 saturated heterocycles. The van der Waals surface area contributed by atoms with Gasteiger partial charge >= 0.3 is 0 Å². The van der Waals surface area contributed by atoms with Crippen LogP contribution in [0.3, 0.4) is 0 Å². The van der Waals surface area contributed by atoms with Crippen molar-refractivity contribution in [2.45, 2.75) is 6.10 Å². The fraction of sp³-hybridized carbons (Fsp3) is 0.455. The maximum absolute atomic E-state index is 13.0. The molecular formula is C11H15FN2O2. The number of hydrogen-bond donors (Lipinski definition) is 2. The highest BCUT2D eigenvalue weighted by Crippen LogP contribution is 2.15. The van der Waals surface area contributed by atoms with Gasteiger partial charge in [-0.25, -0.2) is 4.39 Å². The molecule has 0 spiro atoms. The molecule has 1 aliphatic heterocycles. The topological polar surface area (TPSA) is 56.5 Å². The predicted molar refractivity (Wildman–Crippen MR) is 59.9 cm³/mol. The first-order valence-electron chi connectivity index (χ1n) is 5.23. The van der Waals surface area contributed by atoms with E-state index in [0.717, 1.165) is 0 Å². The Bertz CT molecular complexity index is 334. The van der Waals surface area contributed by atoms with Crippen LogP contribution in [0, 0.1) is 5.82 Å². The van der Waals surface area contributed by atoms with E-state index in [1.54, 1.807) is 6.07 Å².